The van der Waals surface area contributed by atoms with Crippen molar-refractivity contribution in [3.05, 3.63) is 91.5 Å². The molecular weight excluding hydrogens is 370 g/mol. The average molecular weight is 385 g/mol. The van der Waals surface area contributed by atoms with Gasteiger partial charge in [-0.2, -0.15) is 0 Å². The van der Waals surface area contributed by atoms with Crippen LogP contribution >= 0.6 is 0 Å². The van der Waals surface area contributed by atoms with Gasteiger partial charge in [-0.15, -0.1) is 0 Å². The van der Waals surface area contributed by atoms with Crippen LogP contribution in [0.4, 0.5) is 0 Å². The first-order valence-corrected chi connectivity index (χ1v) is 9.67. The van der Waals surface area contributed by atoms with E-state index in [4.69, 9.17) is 4.98 Å². The van der Waals surface area contributed by atoms with Gasteiger partial charge in [0.15, 0.2) is 5.65 Å². The predicted molar refractivity (Wildman–Crippen MR) is 119 cm³/mol. The minimum absolute atomic E-state index is 0.745. The fourth-order valence-electron chi connectivity index (χ4n) is 3.69. The zero-order valence-electron chi connectivity index (χ0n) is 15.9. The Morgan fingerprint density at radius 3 is 2.27 bits per heavy atom. The maximum absolute atomic E-state index is 4.89. The molecule has 0 aliphatic rings. The van der Waals surface area contributed by atoms with Crippen LogP contribution in [0.1, 0.15) is 0 Å². The first-order valence-electron chi connectivity index (χ1n) is 9.67. The maximum atomic E-state index is 4.89. The topological polar surface area (TPSA) is 64.5 Å². The highest BCUT2D eigenvalue weighted by Crippen LogP contribution is 2.27. The highest BCUT2D eigenvalue weighted by atomic mass is 14.8. The Labute approximate surface area is 172 Å². The molecule has 30 heavy (non-hydrogen) atoms. The zero-order chi connectivity index (χ0) is 19.9. The molecule has 0 saturated carbocycles. The monoisotopic (exact) mass is 385 g/mol. The van der Waals surface area contributed by atoms with E-state index in [2.05, 4.69) is 50.3 Å². The largest absolute Gasteiger partial charge is 0.256 e. The lowest BCUT2D eigenvalue weighted by Crippen LogP contribution is -1.91. The van der Waals surface area contributed by atoms with Crippen molar-refractivity contribution in [3.63, 3.8) is 0 Å². The fourth-order valence-corrected chi connectivity index (χ4v) is 3.69. The zero-order valence-corrected chi connectivity index (χ0v) is 15.9. The summed E-state index contributed by atoms with van der Waals surface area (Å²) >= 11 is 0. The highest BCUT2D eigenvalue weighted by Gasteiger charge is 2.07. The van der Waals surface area contributed by atoms with Crippen LogP contribution < -0.4 is 0 Å². The number of nitrogens with zero attached hydrogens (tertiary/aromatic N) is 5. The average Bonchev–Trinajstić information content (AvgIpc) is 2.82. The van der Waals surface area contributed by atoms with Crippen LogP contribution in [0.3, 0.4) is 0 Å². The van der Waals surface area contributed by atoms with E-state index in [1.807, 2.05) is 48.8 Å². The Kier molecular flexibility index (Phi) is 3.71. The van der Waals surface area contributed by atoms with Crippen molar-refractivity contribution >= 4 is 33.0 Å². The third kappa shape index (κ3) is 2.84. The van der Waals surface area contributed by atoms with Crippen LogP contribution in [0, 0.1) is 0 Å². The summed E-state index contributed by atoms with van der Waals surface area (Å²) in [6, 6.07) is 22.3. The molecule has 0 aliphatic heterocycles. The van der Waals surface area contributed by atoms with Gasteiger partial charge in [-0.1, -0.05) is 18.2 Å². The number of rotatable bonds is 2. The summed E-state index contributed by atoms with van der Waals surface area (Å²) in [7, 11) is 0. The lowest BCUT2D eigenvalue weighted by Gasteiger charge is -2.07. The summed E-state index contributed by atoms with van der Waals surface area (Å²) in [5.41, 5.74) is 7.37. The molecule has 0 atom stereocenters. The number of fused-ring (bicyclic) bond motifs is 3. The van der Waals surface area contributed by atoms with E-state index < -0.39 is 0 Å². The molecule has 2 aromatic carbocycles. The number of pyridine rings is 3. The minimum Gasteiger partial charge on any atom is -0.256 e. The molecule has 0 amide bonds. The molecule has 0 unspecified atom stereocenters. The van der Waals surface area contributed by atoms with Gasteiger partial charge in [-0.05, 0) is 54.1 Å². The first kappa shape index (κ1) is 16.7. The molecular formula is C25H15N5. The van der Waals surface area contributed by atoms with Gasteiger partial charge < -0.3 is 0 Å². The Morgan fingerprint density at radius 2 is 1.30 bits per heavy atom. The van der Waals surface area contributed by atoms with Crippen LogP contribution in [0.15, 0.2) is 91.5 Å². The van der Waals surface area contributed by atoms with E-state index in [0.29, 0.717) is 0 Å². The molecule has 0 N–H and O–H groups in total. The highest BCUT2D eigenvalue weighted by molar-refractivity contribution is 5.87. The molecule has 5 heteroatoms. The number of hydrogen-bond acceptors (Lipinski definition) is 5. The third-order valence-corrected chi connectivity index (χ3v) is 5.23. The summed E-state index contributed by atoms with van der Waals surface area (Å²) in [5, 5.41) is 2.10. The normalized spacial score (nSPS) is 11.3. The summed E-state index contributed by atoms with van der Waals surface area (Å²) < 4.78 is 0. The minimum atomic E-state index is 0.745. The lowest BCUT2D eigenvalue weighted by molar-refractivity contribution is 1.28. The molecule has 0 fully saturated rings. The number of benzene rings is 2. The van der Waals surface area contributed by atoms with Gasteiger partial charge in [-0.3, -0.25) is 9.97 Å². The molecule has 6 aromatic rings. The SMILES string of the molecule is c1cnc2ccc(-c3cnc4ccc(-c5cnc6ncccc6c5)cc4n3)cc2c1. The molecule has 0 saturated heterocycles. The smallest absolute Gasteiger partial charge is 0.159 e. The van der Waals surface area contributed by atoms with E-state index in [9.17, 15) is 0 Å². The number of hydrogen-bond donors (Lipinski definition) is 0. The molecule has 0 aliphatic carbocycles. The van der Waals surface area contributed by atoms with Crippen LogP contribution in [-0.2, 0) is 0 Å². The summed E-state index contributed by atoms with van der Waals surface area (Å²) in [6.07, 6.45) is 7.23. The quantitative estimate of drug-likeness (QED) is 0.396. The van der Waals surface area contributed by atoms with Crippen molar-refractivity contribution < 1.29 is 0 Å². The second-order valence-corrected chi connectivity index (χ2v) is 7.14. The Morgan fingerprint density at radius 1 is 0.500 bits per heavy atom. The maximum Gasteiger partial charge on any atom is 0.159 e. The first-order chi connectivity index (χ1) is 14.8. The van der Waals surface area contributed by atoms with Gasteiger partial charge in [0.25, 0.3) is 0 Å². The molecule has 0 bridgehead atoms. The lowest BCUT2D eigenvalue weighted by atomic mass is 10.0. The summed E-state index contributed by atoms with van der Waals surface area (Å²) in [5.74, 6) is 0. The molecule has 0 spiro atoms. The Bertz CT molecular complexity index is 1440. The van der Waals surface area contributed by atoms with Crippen LogP contribution in [0.2, 0.25) is 0 Å². The van der Waals surface area contributed by atoms with Gasteiger partial charge >= 0.3 is 0 Å². The standard InChI is InChI=1S/C25H15N5/c1-3-17-11-18(6-7-21(17)26-9-1)24-15-28-22-8-5-16(13-23(22)30-24)20-12-19-4-2-10-27-25(19)29-14-20/h1-15H. The van der Waals surface area contributed by atoms with Crippen LogP contribution in [-0.4, -0.2) is 24.9 Å². The second-order valence-electron chi connectivity index (χ2n) is 7.14. The van der Waals surface area contributed by atoms with Crippen molar-refractivity contribution in [3.8, 4) is 22.4 Å². The van der Waals surface area contributed by atoms with Crippen molar-refractivity contribution in [1.29, 1.82) is 0 Å². The summed E-state index contributed by atoms with van der Waals surface area (Å²) in [4.78, 5) is 22.7. The van der Waals surface area contributed by atoms with E-state index in [-0.39, 0.29) is 0 Å². The Balaban J connectivity index is 1.46. The molecule has 4 heterocycles. The fraction of sp³-hybridized carbons (Fsp3) is 0. The molecule has 0 radical (unpaired) electrons. The van der Waals surface area contributed by atoms with E-state index in [1.165, 1.54) is 0 Å². The van der Waals surface area contributed by atoms with Gasteiger partial charge in [0.2, 0.25) is 0 Å². The molecule has 5 nitrogen and oxygen atoms in total. The van der Waals surface area contributed by atoms with Crippen molar-refractivity contribution in [1.82, 2.24) is 24.9 Å². The molecule has 4 aromatic heterocycles. The van der Waals surface area contributed by atoms with E-state index in [0.717, 1.165) is 55.4 Å². The van der Waals surface area contributed by atoms with E-state index >= 15 is 0 Å². The molecule has 6 rings (SSSR count). The van der Waals surface area contributed by atoms with Crippen molar-refractivity contribution in [2.24, 2.45) is 0 Å². The summed E-state index contributed by atoms with van der Waals surface area (Å²) in [6.45, 7) is 0. The predicted octanol–water partition coefficient (Wildman–Crippen LogP) is 5.46. The van der Waals surface area contributed by atoms with Gasteiger partial charge in [-0.25, -0.2) is 15.0 Å². The van der Waals surface area contributed by atoms with Crippen molar-refractivity contribution in [2.45, 2.75) is 0 Å². The van der Waals surface area contributed by atoms with Gasteiger partial charge in [0.05, 0.1) is 28.4 Å². The molecule has 140 valence electrons. The van der Waals surface area contributed by atoms with Crippen molar-refractivity contribution in [2.75, 3.05) is 0 Å². The van der Waals surface area contributed by atoms with Gasteiger partial charge in [0.1, 0.15) is 0 Å². The van der Waals surface area contributed by atoms with Crippen LogP contribution in [0.5, 0.6) is 0 Å². The van der Waals surface area contributed by atoms with E-state index in [1.54, 1.807) is 12.4 Å². The van der Waals surface area contributed by atoms with Gasteiger partial charge in [0, 0.05) is 40.5 Å². The second kappa shape index (κ2) is 6.67. The van der Waals surface area contributed by atoms with Crippen LogP contribution in [0.25, 0.3) is 55.4 Å². The number of aromatic nitrogens is 5. The third-order valence-electron chi connectivity index (χ3n) is 5.23. The Hall–Kier alpha value is -4.25.